The Morgan fingerprint density at radius 2 is 1.87 bits per heavy atom. The van der Waals surface area contributed by atoms with Crippen molar-refractivity contribution in [3.05, 3.63) is 82.8 Å². The molecule has 1 aliphatic rings. The van der Waals surface area contributed by atoms with Gasteiger partial charge >= 0.3 is 0 Å². The van der Waals surface area contributed by atoms with Gasteiger partial charge in [0.05, 0.1) is 4.91 Å². The van der Waals surface area contributed by atoms with E-state index in [1.807, 2.05) is 36.4 Å². The average Bonchev–Trinajstić information content (AvgIpc) is 3.04. The molecular weight excluding hydrogens is 434 g/mol. The van der Waals surface area contributed by atoms with Crippen LogP contribution in [-0.4, -0.2) is 38.6 Å². The minimum Gasteiger partial charge on any atom is -0.508 e. The summed E-state index contributed by atoms with van der Waals surface area (Å²) in [4.78, 5) is 38.4. The van der Waals surface area contributed by atoms with Crippen molar-refractivity contribution in [2.45, 2.75) is 6.42 Å². The topological polar surface area (TPSA) is 98.7 Å². The van der Waals surface area contributed by atoms with Gasteiger partial charge in [-0.15, -0.1) is 0 Å². The van der Waals surface area contributed by atoms with E-state index in [0.717, 1.165) is 5.56 Å². The molecule has 9 heteroatoms. The first-order valence-electron chi connectivity index (χ1n) is 9.29. The highest BCUT2D eigenvalue weighted by atomic mass is 32.2. The lowest BCUT2D eigenvalue weighted by Gasteiger charge is -2.14. The van der Waals surface area contributed by atoms with Gasteiger partial charge in [0.2, 0.25) is 5.91 Å². The normalized spacial score (nSPS) is 15.0. The zero-order chi connectivity index (χ0) is 22.2. The van der Waals surface area contributed by atoms with Gasteiger partial charge in [0.15, 0.2) is 0 Å². The molecule has 1 fully saturated rings. The van der Waals surface area contributed by atoms with E-state index in [9.17, 15) is 19.5 Å². The summed E-state index contributed by atoms with van der Waals surface area (Å²) in [6.07, 6.45) is 5.32. The molecule has 31 heavy (non-hydrogen) atoms. The highest BCUT2D eigenvalue weighted by Gasteiger charge is 2.31. The monoisotopic (exact) mass is 453 g/mol. The number of hydrogen-bond acceptors (Lipinski definition) is 6. The number of carbonyl (C=O) groups excluding carboxylic acids is 3. The van der Waals surface area contributed by atoms with E-state index in [2.05, 4.69) is 10.9 Å². The van der Waals surface area contributed by atoms with Crippen LogP contribution in [0.5, 0.6) is 5.75 Å². The quantitative estimate of drug-likeness (QED) is 0.353. The van der Waals surface area contributed by atoms with Gasteiger partial charge in [-0.05, 0) is 29.8 Å². The summed E-state index contributed by atoms with van der Waals surface area (Å²) in [5.74, 6) is -1.36. The summed E-state index contributed by atoms with van der Waals surface area (Å²) in [6.45, 7) is 0.0955. The fourth-order valence-electron chi connectivity index (χ4n) is 2.64. The maximum Gasteiger partial charge on any atom is 0.269 e. The van der Waals surface area contributed by atoms with Gasteiger partial charge in [0.1, 0.15) is 10.1 Å². The van der Waals surface area contributed by atoms with E-state index >= 15 is 0 Å². The van der Waals surface area contributed by atoms with Gasteiger partial charge in [0.25, 0.3) is 11.8 Å². The van der Waals surface area contributed by atoms with Gasteiger partial charge in [-0.1, -0.05) is 72.5 Å². The lowest BCUT2D eigenvalue weighted by atomic mass is 10.2. The van der Waals surface area contributed by atoms with Crippen LogP contribution in [0.15, 0.2) is 71.7 Å². The van der Waals surface area contributed by atoms with Crippen molar-refractivity contribution < 1.29 is 19.5 Å². The first-order valence-corrected chi connectivity index (χ1v) is 10.5. The number of aromatic hydroxyl groups is 1. The number of thiocarbonyl (C=S) groups is 1. The highest BCUT2D eigenvalue weighted by molar-refractivity contribution is 8.26. The molecule has 3 rings (SSSR count). The molecule has 0 unspecified atom stereocenters. The van der Waals surface area contributed by atoms with Crippen molar-refractivity contribution in [1.82, 2.24) is 15.8 Å². The van der Waals surface area contributed by atoms with Crippen LogP contribution >= 0.6 is 24.0 Å². The average molecular weight is 454 g/mol. The molecule has 1 saturated heterocycles. The number of nitrogens with one attached hydrogen (secondary N) is 2. The molecule has 0 aliphatic carbocycles. The fourth-order valence-corrected chi connectivity index (χ4v) is 3.90. The second-order valence-corrected chi connectivity index (χ2v) is 8.10. The van der Waals surface area contributed by atoms with E-state index in [1.54, 1.807) is 12.2 Å². The molecule has 158 valence electrons. The number of amides is 3. The van der Waals surface area contributed by atoms with Crippen LogP contribution in [0.25, 0.3) is 6.08 Å². The number of hydrogen-bond donors (Lipinski definition) is 3. The predicted molar refractivity (Wildman–Crippen MR) is 124 cm³/mol. The van der Waals surface area contributed by atoms with Crippen LogP contribution in [-0.2, 0) is 9.59 Å². The lowest BCUT2D eigenvalue weighted by molar-refractivity contribution is -0.124. The molecule has 1 aliphatic heterocycles. The second-order valence-electron chi connectivity index (χ2n) is 6.43. The summed E-state index contributed by atoms with van der Waals surface area (Å²) in [7, 11) is 0. The maximum atomic E-state index is 12.5. The summed E-state index contributed by atoms with van der Waals surface area (Å²) >= 11 is 6.43. The molecule has 2 aromatic carbocycles. The van der Waals surface area contributed by atoms with Crippen molar-refractivity contribution in [1.29, 1.82) is 0 Å². The van der Waals surface area contributed by atoms with E-state index in [1.165, 1.54) is 40.9 Å². The van der Waals surface area contributed by atoms with Gasteiger partial charge < -0.3 is 5.11 Å². The Bertz CT molecular complexity index is 1070. The third kappa shape index (κ3) is 6.27. The standard InChI is InChI=1S/C22H19N3O4S2/c26-17-10-5-9-16(14-17)20(28)24-23-19(27)12-13-25-21(29)18(31-22(25)30)11-4-8-15-6-2-1-3-7-15/h1-11,14,26H,12-13H2,(H,23,27)(H,24,28)/b8-4+,18-11-. The number of hydrazine groups is 1. The molecule has 0 bridgehead atoms. The summed E-state index contributed by atoms with van der Waals surface area (Å²) < 4.78 is 0.376. The third-order valence-corrected chi connectivity index (χ3v) is 5.59. The van der Waals surface area contributed by atoms with Gasteiger partial charge in [-0.3, -0.25) is 30.1 Å². The predicted octanol–water partition coefficient (Wildman–Crippen LogP) is 3.00. The van der Waals surface area contributed by atoms with Crippen molar-refractivity contribution in [2.75, 3.05) is 6.54 Å². The fraction of sp³-hybridized carbons (Fsp3) is 0.0909. The first kappa shape index (κ1) is 22.3. The van der Waals surface area contributed by atoms with Gasteiger partial charge in [-0.2, -0.15) is 0 Å². The molecule has 0 radical (unpaired) electrons. The smallest absolute Gasteiger partial charge is 0.269 e. The van der Waals surface area contributed by atoms with Crippen LogP contribution in [0.4, 0.5) is 0 Å². The summed E-state index contributed by atoms with van der Waals surface area (Å²) in [6, 6.07) is 15.4. The Hall–Kier alpha value is -3.43. The van der Waals surface area contributed by atoms with Gasteiger partial charge in [-0.25, -0.2) is 0 Å². The molecule has 1 heterocycles. The Kier molecular flexibility index (Phi) is 7.58. The third-order valence-electron chi connectivity index (χ3n) is 4.20. The summed E-state index contributed by atoms with van der Waals surface area (Å²) in [5.41, 5.74) is 5.76. The van der Waals surface area contributed by atoms with E-state index < -0.39 is 11.8 Å². The number of benzene rings is 2. The van der Waals surface area contributed by atoms with Crippen LogP contribution < -0.4 is 10.9 Å². The van der Waals surface area contributed by atoms with E-state index in [4.69, 9.17) is 12.2 Å². The van der Waals surface area contributed by atoms with Crippen LogP contribution in [0.2, 0.25) is 0 Å². The largest absolute Gasteiger partial charge is 0.508 e. The summed E-state index contributed by atoms with van der Waals surface area (Å²) in [5, 5.41) is 9.40. The number of phenols is 1. The van der Waals surface area contributed by atoms with Crippen molar-refractivity contribution >= 4 is 52.1 Å². The first-order chi connectivity index (χ1) is 14.9. The number of phenolic OH excluding ortho intramolecular Hbond substituents is 1. The van der Waals surface area contributed by atoms with Crippen LogP contribution in [0.1, 0.15) is 22.3 Å². The zero-order valence-electron chi connectivity index (χ0n) is 16.3. The molecule has 3 N–H and O–H groups in total. The molecule has 0 spiro atoms. The lowest BCUT2D eigenvalue weighted by Crippen LogP contribution is -2.43. The molecule has 3 amide bonds. The number of nitrogens with zero attached hydrogens (tertiary/aromatic N) is 1. The zero-order valence-corrected chi connectivity index (χ0v) is 17.9. The Balaban J connectivity index is 1.48. The number of allylic oxidation sites excluding steroid dienone is 2. The molecule has 0 saturated carbocycles. The minimum absolute atomic E-state index is 0.0418. The second kappa shape index (κ2) is 10.6. The van der Waals surface area contributed by atoms with Crippen molar-refractivity contribution in [2.24, 2.45) is 0 Å². The van der Waals surface area contributed by atoms with Crippen molar-refractivity contribution in [3.63, 3.8) is 0 Å². The molecular formula is C22H19N3O4S2. The minimum atomic E-state index is -0.567. The maximum absolute atomic E-state index is 12.5. The Morgan fingerprint density at radius 3 is 2.61 bits per heavy atom. The molecule has 0 atom stereocenters. The molecule has 2 aromatic rings. The number of thioether (sulfide) groups is 1. The Labute approximate surface area is 188 Å². The SMILES string of the molecule is O=C(CCN1C(=O)/C(=C/C=C/c2ccccc2)SC1=S)NNC(=O)c1cccc(O)c1. The molecule has 7 nitrogen and oxygen atoms in total. The highest BCUT2D eigenvalue weighted by Crippen LogP contribution is 2.31. The van der Waals surface area contributed by atoms with Crippen LogP contribution in [0, 0.1) is 0 Å². The van der Waals surface area contributed by atoms with Crippen molar-refractivity contribution in [3.8, 4) is 5.75 Å². The number of carbonyl (C=O) groups is 3. The van der Waals surface area contributed by atoms with E-state index in [0.29, 0.717) is 9.23 Å². The number of rotatable bonds is 6. The molecule has 0 aromatic heterocycles. The van der Waals surface area contributed by atoms with E-state index in [-0.39, 0.29) is 30.2 Å². The van der Waals surface area contributed by atoms with Gasteiger partial charge in [0, 0.05) is 18.5 Å². The van der Waals surface area contributed by atoms with Crippen LogP contribution in [0.3, 0.4) is 0 Å². The Morgan fingerprint density at radius 1 is 1.10 bits per heavy atom.